The smallest absolute Gasteiger partial charge is 0.256 e. The number of rotatable bonds is 7. The largest absolute Gasteiger partial charge is 0.495 e. The number of para-hydroxylation sites is 2. The zero-order valence-corrected chi connectivity index (χ0v) is 16.7. The molecule has 28 heavy (non-hydrogen) atoms. The lowest BCUT2D eigenvalue weighted by Crippen LogP contribution is -2.33. The van der Waals surface area contributed by atoms with Gasteiger partial charge in [-0.1, -0.05) is 23.9 Å². The van der Waals surface area contributed by atoms with Gasteiger partial charge in [0.1, 0.15) is 5.75 Å². The first kappa shape index (κ1) is 19.6. The number of nitriles is 1. The van der Waals surface area contributed by atoms with E-state index in [1.165, 1.54) is 11.8 Å². The van der Waals surface area contributed by atoms with E-state index in [1.54, 1.807) is 18.1 Å². The van der Waals surface area contributed by atoms with Crippen molar-refractivity contribution in [1.82, 2.24) is 19.6 Å². The molecule has 0 aliphatic rings. The molecule has 8 nitrogen and oxygen atoms in total. The number of carbonyl (C=O) groups excluding carboxylic acids is 1. The van der Waals surface area contributed by atoms with E-state index in [0.29, 0.717) is 22.4 Å². The summed E-state index contributed by atoms with van der Waals surface area (Å²) < 4.78 is 7.20. The Morgan fingerprint density at radius 3 is 2.86 bits per heavy atom. The van der Waals surface area contributed by atoms with Gasteiger partial charge in [0.25, 0.3) is 5.78 Å². The second kappa shape index (κ2) is 8.71. The fourth-order valence-corrected chi connectivity index (χ4v) is 3.75. The highest BCUT2D eigenvalue weighted by molar-refractivity contribution is 7.99. The number of methoxy groups -OCH3 is 1. The molecule has 2 heterocycles. The zero-order valence-electron chi connectivity index (χ0n) is 15.9. The highest BCUT2D eigenvalue weighted by atomic mass is 32.2. The Kier molecular flexibility index (Phi) is 6.11. The lowest BCUT2D eigenvalue weighted by molar-refractivity contribution is -0.116. The van der Waals surface area contributed by atoms with E-state index in [4.69, 9.17) is 10.00 Å². The fraction of sp³-hybridized carbons (Fsp3) is 0.316. The zero-order chi connectivity index (χ0) is 20.1. The van der Waals surface area contributed by atoms with Crippen LogP contribution in [0.4, 0.5) is 5.69 Å². The predicted octanol–water partition coefficient (Wildman–Crippen LogP) is 2.79. The van der Waals surface area contributed by atoms with Crippen LogP contribution in [0.25, 0.3) is 5.78 Å². The highest BCUT2D eigenvalue weighted by Gasteiger charge is 2.20. The molecule has 1 amide bonds. The van der Waals surface area contributed by atoms with Crippen LogP contribution >= 0.6 is 11.8 Å². The Labute approximate surface area is 167 Å². The third-order valence-corrected chi connectivity index (χ3v) is 5.03. The van der Waals surface area contributed by atoms with Crippen LogP contribution in [-0.4, -0.2) is 44.9 Å². The van der Waals surface area contributed by atoms with Crippen LogP contribution in [0.2, 0.25) is 0 Å². The number of thioether (sulfide) groups is 1. The van der Waals surface area contributed by atoms with E-state index < -0.39 is 0 Å². The molecule has 0 unspecified atom stereocenters. The lowest BCUT2D eigenvalue weighted by atomic mass is 10.2. The number of benzene rings is 1. The Balaban J connectivity index is 1.82. The minimum absolute atomic E-state index is 0.140. The molecular weight excluding hydrogens is 376 g/mol. The number of aryl methyl sites for hydroxylation is 2. The van der Waals surface area contributed by atoms with Gasteiger partial charge in [0, 0.05) is 17.9 Å². The van der Waals surface area contributed by atoms with Crippen molar-refractivity contribution in [3.63, 3.8) is 0 Å². The van der Waals surface area contributed by atoms with Gasteiger partial charge in [-0.05, 0) is 32.0 Å². The van der Waals surface area contributed by atoms with E-state index >= 15 is 0 Å². The second-order valence-corrected chi connectivity index (χ2v) is 7.01. The van der Waals surface area contributed by atoms with Crippen molar-refractivity contribution >= 4 is 29.1 Å². The van der Waals surface area contributed by atoms with Gasteiger partial charge in [-0.25, -0.2) is 4.98 Å². The molecule has 0 aliphatic heterocycles. The number of fused-ring (bicyclic) bond motifs is 1. The summed E-state index contributed by atoms with van der Waals surface area (Å²) >= 11 is 1.29. The van der Waals surface area contributed by atoms with Crippen molar-refractivity contribution in [2.45, 2.75) is 25.4 Å². The summed E-state index contributed by atoms with van der Waals surface area (Å²) in [6.45, 7) is 4.14. The summed E-state index contributed by atoms with van der Waals surface area (Å²) in [7, 11) is 1.56. The first-order valence-electron chi connectivity index (χ1n) is 8.67. The summed E-state index contributed by atoms with van der Waals surface area (Å²) in [4.78, 5) is 18.9. The van der Waals surface area contributed by atoms with Gasteiger partial charge in [0.05, 0.1) is 31.0 Å². The van der Waals surface area contributed by atoms with Crippen LogP contribution in [-0.2, 0) is 4.79 Å². The van der Waals surface area contributed by atoms with Gasteiger partial charge in [0.15, 0.2) is 5.16 Å². The molecule has 3 rings (SSSR count). The first-order valence-corrected chi connectivity index (χ1v) is 9.66. The molecule has 0 aliphatic carbocycles. The van der Waals surface area contributed by atoms with Crippen molar-refractivity contribution < 1.29 is 9.53 Å². The topological polar surface area (TPSA) is 96.4 Å². The molecule has 1 aromatic carbocycles. The van der Waals surface area contributed by atoms with Crippen molar-refractivity contribution in [2.24, 2.45) is 0 Å². The van der Waals surface area contributed by atoms with Crippen molar-refractivity contribution in [3.8, 4) is 11.8 Å². The Bertz CT molecular complexity index is 1040. The van der Waals surface area contributed by atoms with Gasteiger partial charge >= 0.3 is 0 Å². The van der Waals surface area contributed by atoms with Crippen molar-refractivity contribution in [3.05, 3.63) is 41.7 Å². The van der Waals surface area contributed by atoms with Crippen molar-refractivity contribution in [1.29, 1.82) is 5.26 Å². The van der Waals surface area contributed by atoms with Crippen LogP contribution in [0.15, 0.2) is 35.5 Å². The predicted molar refractivity (Wildman–Crippen MR) is 107 cm³/mol. The minimum atomic E-state index is -0.140. The van der Waals surface area contributed by atoms with Gasteiger partial charge < -0.3 is 9.64 Å². The van der Waals surface area contributed by atoms with Crippen LogP contribution < -0.4 is 9.64 Å². The third-order valence-electron chi connectivity index (χ3n) is 4.11. The second-order valence-electron chi connectivity index (χ2n) is 6.07. The third kappa shape index (κ3) is 4.07. The average molecular weight is 396 g/mol. The maximum Gasteiger partial charge on any atom is 0.256 e. The summed E-state index contributed by atoms with van der Waals surface area (Å²) in [6, 6.07) is 11.3. The first-order chi connectivity index (χ1) is 13.5. The minimum Gasteiger partial charge on any atom is -0.495 e. The monoisotopic (exact) mass is 396 g/mol. The van der Waals surface area contributed by atoms with Gasteiger partial charge in [-0.2, -0.15) is 5.26 Å². The molecule has 9 heteroatoms. The molecule has 0 radical (unpaired) electrons. The van der Waals surface area contributed by atoms with Gasteiger partial charge in [-0.3, -0.25) is 9.20 Å². The quantitative estimate of drug-likeness (QED) is 0.567. The molecule has 0 bridgehead atoms. The Morgan fingerprint density at radius 2 is 2.11 bits per heavy atom. The molecule has 0 atom stereocenters. The van der Waals surface area contributed by atoms with E-state index in [0.717, 1.165) is 11.4 Å². The molecular formula is C19H20N6O2S. The molecule has 2 aromatic heterocycles. The SMILES string of the molecule is COc1ccccc1N(CCC#N)C(=O)CSc1nnc2nc(C)cc(C)n12. The number of aromatic nitrogens is 4. The number of amides is 1. The number of hydrogen-bond donors (Lipinski definition) is 0. The van der Waals surface area contributed by atoms with E-state index in [2.05, 4.69) is 21.3 Å². The highest BCUT2D eigenvalue weighted by Crippen LogP contribution is 2.29. The van der Waals surface area contributed by atoms with Crippen LogP contribution in [0, 0.1) is 25.2 Å². The summed E-state index contributed by atoms with van der Waals surface area (Å²) in [5, 5.41) is 17.8. The number of hydrogen-bond acceptors (Lipinski definition) is 7. The van der Waals surface area contributed by atoms with Crippen LogP contribution in [0.5, 0.6) is 5.75 Å². The summed E-state index contributed by atoms with van der Waals surface area (Å²) in [5.41, 5.74) is 2.46. The van der Waals surface area contributed by atoms with Gasteiger partial charge in [0.2, 0.25) is 5.91 Å². The normalized spacial score (nSPS) is 10.6. The van der Waals surface area contributed by atoms with E-state index in [-0.39, 0.29) is 24.6 Å². The lowest BCUT2D eigenvalue weighted by Gasteiger charge is -2.23. The number of anilines is 1. The number of ether oxygens (including phenoxy) is 1. The van der Waals surface area contributed by atoms with E-state index in [9.17, 15) is 4.79 Å². The maximum absolute atomic E-state index is 13.0. The molecule has 0 fully saturated rings. The van der Waals surface area contributed by atoms with Crippen LogP contribution in [0.1, 0.15) is 17.8 Å². The summed E-state index contributed by atoms with van der Waals surface area (Å²) in [6.07, 6.45) is 0.227. The standard InChI is InChI=1S/C19H20N6O2S/c1-13-11-14(2)25-18(21-13)22-23-19(25)28-12-17(26)24(10-6-9-20)15-7-4-5-8-16(15)27-3/h4-5,7-8,11H,6,10,12H2,1-3H3. The Hall–Kier alpha value is -3.12. The molecule has 144 valence electrons. The fourth-order valence-electron chi connectivity index (χ4n) is 2.89. The molecule has 0 saturated heterocycles. The van der Waals surface area contributed by atoms with E-state index in [1.807, 2.05) is 42.5 Å². The van der Waals surface area contributed by atoms with Gasteiger partial charge in [-0.15, -0.1) is 10.2 Å². The molecule has 0 N–H and O–H groups in total. The average Bonchev–Trinajstić information content (AvgIpc) is 3.10. The Morgan fingerprint density at radius 1 is 1.32 bits per heavy atom. The maximum atomic E-state index is 13.0. The summed E-state index contributed by atoms with van der Waals surface area (Å²) in [5.74, 6) is 1.11. The number of carbonyl (C=O) groups is 1. The number of nitrogens with zero attached hydrogens (tertiary/aromatic N) is 6. The molecule has 0 saturated carbocycles. The van der Waals surface area contributed by atoms with Crippen molar-refractivity contribution in [2.75, 3.05) is 24.3 Å². The molecule has 0 spiro atoms. The van der Waals surface area contributed by atoms with Crippen LogP contribution in [0.3, 0.4) is 0 Å². The molecule has 3 aromatic rings.